The van der Waals surface area contributed by atoms with Crippen LogP contribution in [0.3, 0.4) is 0 Å². The van der Waals surface area contributed by atoms with Crippen LogP contribution in [0.1, 0.15) is 22.9 Å². The fraction of sp³-hybridized carbons (Fsp3) is 0.192. The van der Waals surface area contributed by atoms with E-state index in [9.17, 15) is 14.4 Å². The number of nitrogens with one attached hydrogen (secondary N) is 2. The molecule has 2 aliphatic heterocycles. The number of aromatic nitrogens is 2. The average molecular weight is 437 g/mol. The molecule has 33 heavy (non-hydrogen) atoms. The van der Waals surface area contributed by atoms with Crippen molar-refractivity contribution in [3.05, 3.63) is 95.6 Å². The molecule has 3 heterocycles. The number of halogens is 1. The van der Waals surface area contributed by atoms with Crippen LogP contribution in [0.5, 0.6) is 0 Å². The first kappa shape index (κ1) is 19.6. The lowest BCUT2D eigenvalue weighted by Crippen LogP contribution is -2.57. The third-order valence-electron chi connectivity index (χ3n) is 7.23. The molecule has 162 valence electrons. The maximum Gasteiger partial charge on any atom is 0.251 e. The van der Waals surface area contributed by atoms with Crippen LogP contribution in [0.4, 0.5) is 10.1 Å². The number of nitrogens with zero attached hydrogens (tertiary/aromatic N) is 3. The van der Waals surface area contributed by atoms with Gasteiger partial charge in [-0.3, -0.25) is 9.69 Å². The number of H-pyrrole nitrogens is 1. The van der Waals surface area contributed by atoms with Crippen molar-refractivity contribution in [1.29, 1.82) is 5.26 Å². The van der Waals surface area contributed by atoms with Crippen molar-refractivity contribution in [3.8, 4) is 6.07 Å². The van der Waals surface area contributed by atoms with Crippen LogP contribution in [0.2, 0.25) is 0 Å². The molecule has 1 spiro atoms. The van der Waals surface area contributed by atoms with Crippen LogP contribution in [0.25, 0.3) is 11.0 Å². The van der Waals surface area contributed by atoms with Gasteiger partial charge in [-0.15, -0.1) is 0 Å². The summed E-state index contributed by atoms with van der Waals surface area (Å²) in [6.45, 7) is 0.415. The summed E-state index contributed by atoms with van der Waals surface area (Å²) in [5, 5.41) is 14.0. The minimum Gasteiger partial charge on any atom is -0.341 e. The van der Waals surface area contributed by atoms with Crippen LogP contribution in [0, 0.1) is 17.1 Å². The first-order valence-electron chi connectivity index (χ1n) is 10.8. The summed E-state index contributed by atoms with van der Waals surface area (Å²) in [6.07, 6.45) is 0. The largest absolute Gasteiger partial charge is 0.341 e. The van der Waals surface area contributed by atoms with Gasteiger partial charge in [0, 0.05) is 23.7 Å². The summed E-state index contributed by atoms with van der Waals surface area (Å²) in [5.41, 5.74) is 1.00. The molecule has 2 N–H and O–H groups in total. The zero-order chi connectivity index (χ0) is 22.8. The molecule has 2 aliphatic rings. The first-order chi connectivity index (χ1) is 16.0. The summed E-state index contributed by atoms with van der Waals surface area (Å²) < 4.78 is 13.8. The molecule has 3 aromatic carbocycles. The maximum atomic E-state index is 13.9. The number of amides is 1. The van der Waals surface area contributed by atoms with Crippen LogP contribution >= 0.6 is 0 Å². The number of carbonyl (C=O) groups is 1. The summed E-state index contributed by atoms with van der Waals surface area (Å²) in [6, 6.07) is 23.8. The molecule has 0 unspecified atom stereocenters. The van der Waals surface area contributed by atoms with Crippen LogP contribution in [-0.4, -0.2) is 34.4 Å². The van der Waals surface area contributed by atoms with Crippen molar-refractivity contribution in [2.24, 2.45) is 0 Å². The van der Waals surface area contributed by atoms with Gasteiger partial charge in [0.25, 0.3) is 5.91 Å². The topological polar surface area (TPSA) is 84.8 Å². The van der Waals surface area contributed by atoms with Crippen molar-refractivity contribution >= 4 is 22.6 Å². The van der Waals surface area contributed by atoms with E-state index >= 15 is 0 Å². The molecule has 0 saturated carbocycles. The molecule has 1 saturated heterocycles. The van der Waals surface area contributed by atoms with E-state index in [1.165, 1.54) is 12.1 Å². The molecule has 0 aliphatic carbocycles. The highest BCUT2D eigenvalue weighted by Gasteiger charge is 2.73. The Balaban J connectivity index is 1.71. The Bertz CT molecular complexity index is 1420. The molecule has 1 aromatic heterocycles. The highest BCUT2D eigenvalue weighted by Crippen LogP contribution is 2.62. The highest BCUT2D eigenvalue weighted by molar-refractivity contribution is 6.08. The number of carbonyl (C=O) groups excluding carboxylic acids is 1. The Morgan fingerprint density at radius 1 is 1.09 bits per heavy atom. The van der Waals surface area contributed by atoms with Gasteiger partial charge in [-0.05, 0) is 42.9 Å². The van der Waals surface area contributed by atoms with E-state index < -0.39 is 16.9 Å². The van der Waals surface area contributed by atoms with Gasteiger partial charge in [-0.1, -0.05) is 42.5 Å². The number of hydrogen-bond donors (Lipinski definition) is 2. The second kappa shape index (κ2) is 6.74. The Kier molecular flexibility index (Phi) is 4.01. The van der Waals surface area contributed by atoms with Crippen LogP contribution in [0.15, 0.2) is 72.8 Å². The Hall–Kier alpha value is -4.02. The third kappa shape index (κ3) is 2.33. The Morgan fingerprint density at radius 2 is 1.82 bits per heavy atom. The number of likely N-dealkylation sites (N-methyl/N-ethyl adjacent to an activating group) is 1. The summed E-state index contributed by atoms with van der Waals surface area (Å²) >= 11 is 0. The fourth-order valence-corrected chi connectivity index (χ4v) is 5.85. The Morgan fingerprint density at radius 3 is 2.58 bits per heavy atom. The van der Waals surface area contributed by atoms with Gasteiger partial charge in [0.2, 0.25) is 0 Å². The SMILES string of the molecule is CN1C[C@H](c2ccc(F)cc2)[C@](C#N)(c2nc3ccccc3[nH]2)[C@]12C(=O)Nc1ccccc12. The lowest BCUT2D eigenvalue weighted by atomic mass is 9.61. The third-order valence-corrected chi connectivity index (χ3v) is 7.23. The average Bonchev–Trinajstić information content (AvgIpc) is 3.47. The van der Waals surface area contributed by atoms with Crippen molar-refractivity contribution in [2.75, 3.05) is 18.9 Å². The van der Waals surface area contributed by atoms with Gasteiger partial charge < -0.3 is 10.3 Å². The number of para-hydroxylation sites is 3. The van der Waals surface area contributed by atoms with E-state index in [1.54, 1.807) is 12.1 Å². The zero-order valence-electron chi connectivity index (χ0n) is 17.8. The molecule has 4 aromatic rings. The van der Waals surface area contributed by atoms with Crippen molar-refractivity contribution in [3.63, 3.8) is 0 Å². The first-order valence-corrected chi connectivity index (χ1v) is 10.8. The molecular formula is C26H20FN5O. The van der Waals surface area contributed by atoms with Gasteiger partial charge in [0.1, 0.15) is 11.6 Å². The zero-order valence-corrected chi connectivity index (χ0v) is 17.8. The smallest absolute Gasteiger partial charge is 0.251 e. The predicted octanol–water partition coefficient (Wildman–Crippen LogP) is 4.04. The van der Waals surface area contributed by atoms with Crippen molar-refractivity contribution in [1.82, 2.24) is 14.9 Å². The lowest BCUT2D eigenvalue weighted by Gasteiger charge is -2.41. The van der Waals surface area contributed by atoms with Crippen molar-refractivity contribution < 1.29 is 9.18 Å². The molecule has 0 bridgehead atoms. The standard InChI is InChI=1S/C26H20FN5O/c1-32-14-19(16-10-12-17(27)13-11-16)25(15-28,23-29-21-8-4-5-9-22(21)30-23)26(32)18-6-2-3-7-20(18)31-24(26)33/h2-13,19H,14H2,1H3,(H,29,30)(H,31,33)/t19-,25-,26+/m1/s1. The molecule has 6 nitrogen and oxygen atoms in total. The predicted molar refractivity (Wildman–Crippen MR) is 122 cm³/mol. The van der Waals surface area contributed by atoms with E-state index in [-0.39, 0.29) is 11.7 Å². The molecule has 3 atom stereocenters. The Labute approximate surface area is 189 Å². The van der Waals surface area contributed by atoms with E-state index in [4.69, 9.17) is 4.98 Å². The van der Waals surface area contributed by atoms with E-state index in [2.05, 4.69) is 16.4 Å². The lowest BCUT2D eigenvalue weighted by molar-refractivity contribution is -0.127. The molecule has 6 rings (SSSR count). The highest BCUT2D eigenvalue weighted by atomic mass is 19.1. The number of nitriles is 1. The van der Waals surface area contributed by atoms with Gasteiger partial charge in [-0.2, -0.15) is 5.26 Å². The minimum atomic E-state index is -1.39. The van der Waals surface area contributed by atoms with E-state index in [1.807, 2.05) is 60.5 Å². The van der Waals surface area contributed by atoms with Crippen molar-refractivity contribution in [2.45, 2.75) is 16.9 Å². The van der Waals surface area contributed by atoms with Crippen LogP contribution < -0.4 is 5.32 Å². The number of rotatable bonds is 2. The molecule has 7 heteroatoms. The van der Waals surface area contributed by atoms with Gasteiger partial charge in [0.05, 0.1) is 17.1 Å². The molecule has 1 amide bonds. The quantitative estimate of drug-likeness (QED) is 0.496. The van der Waals surface area contributed by atoms with E-state index in [0.29, 0.717) is 18.1 Å². The monoisotopic (exact) mass is 437 g/mol. The number of benzene rings is 3. The fourth-order valence-electron chi connectivity index (χ4n) is 5.85. The number of hydrogen-bond acceptors (Lipinski definition) is 4. The number of fused-ring (bicyclic) bond motifs is 3. The summed E-state index contributed by atoms with van der Waals surface area (Å²) in [5.74, 6) is -0.629. The van der Waals surface area contributed by atoms with Gasteiger partial charge in [-0.25, -0.2) is 9.37 Å². The van der Waals surface area contributed by atoms with Gasteiger partial charge >= 0.3 is 0 Å². The normalized spacial score (nSPS) is 26.5. The minimum absolute atomic E-state index is 0.266. The number of anilines is 1. The number of imidazole rings is 1. The molecule has 1 fully saturated rings. The summed E-state index contributed by atoms with van der Waals surface area (Å²) in [4.78, 5) is 24.0. The van der Waals surface area contributed by atoms with Crippen LogP contribution in [-0.2, 0) is 15.7 Å². The molecule has 0 radical (unpaired) electrons. The second-order valence-electron chi connectivity index (χ2n) is 8.72. The molecular weight excluding hydrogens is 417 g/mol. The summed E-state index contributed by atoms with van der Waals surface area (Å²) in [7, 11) is 1.86. The van der Waals surface area contributed by atoms with E-state index in [0.717, 1.165) is 22.2 Å². The maximum absolute atomic E-state index is 13.9. The number of aromatic amines is 1. The number of likely N-dealkylation sites (tertiary alicyclic amines) is 1. The van der Waals surface area contributed by atoms with Gasteiger partial charge in [0.15, 0.2) is 11.0 Å². The second-order valence-corrected chi connectivity index (χ2v) is 8.72.